The van der Waals surface area contributed by atoms with Gasteiger partial charge in [-0.15, -0.1) is 11.3 Å². The highest BCUT2D eigenvalue weighted by Crippen LogP contribution is 2.13. The molecule has 0 aliphatic heterocycles. The van der Waals surface area contributed by atoms with Crippen LogP contribution in [0.15, 0.2) is 35.5 Å². The second-order valence-electron chi connectivity index (χ2n) is 4.22. The van der Waals surface area contributed by atoms with Crippen LogP contribution in [0.4, 0.5) is 5.69 Å². The molecule has 0 atom stereocenters. The molecule has 1 heterocycles. The number of aryl methyl sites for hydroxylation is 2. The maximum atomic E-state index is 5.85. The second-order valence-corrected chi connectivity index (χ2v) is 5.54. The van der Waals surface area contributed by atoms with Crippen LogP contribution in [-0.2, 0) is 13.0 Å². The Morgan fingerprint density at radius 1 is 1.37 bits per heavy atom. The van der Waals surface area contributed by atoms with Gasteiger partial charge in [0.25, 0.3) is 0 Å². The van der Waals surface area contributed by atoms with Crippen LogP contribution in [0, 0.1) is 6.92 Å². The Morgan fingerprint density at radius 2 is 2.11 bits per heavy atom. The second kappa shape index (κ2) is 6.33. The minimum Gasteiger partial charge on any atom is -0.370 e. The molecule has 0 aliphatic rings. The van der Waals surface area contributed by atoms with Crippen molar-refractivity contribution in [2.24, 2.45) is 10.7 Å². The van der Waals surface area contributed by atoms with Gasteiger partial charge in [-0.1, -0.05) is 19.1 Å². The van der Waals surface area contributed by atoms with Crippen molar-refractivity contribution in [2.75, 3.05) is 5.32 Å². The van der Waals surface area contributed by atoms with Gasteiger partial charge in [0.05, 0.1) is 11.6 Å². The average Bonchev–Trinajstić information content (AvgIpc) is 2.83. The van der Waals surface area contributed by atoms with E-state index in [0.717, 1.165) is 22.0 Å². The van der Waals surface area contributed by atoms with Crippen LogP contribution in [0.2, 0.25) is 0 Å². The number of aliphatic imine (C=N–C) groups is 1. The van der Waals surface area contributed by atoms with E-state index in [0.29, 0.717) is 12.5 Å². The maximum absolute atomic E-state index is 5.85. The van der Waals surface area contributed by atoms with Crippen molar-refractivity contribution >= 4 is 23.0 Å². The predicted molar refractivity (Wildman–Crippen MR) is 81.6 cm³/mol. The zero-order valence-corrected chi connectivity index (χ0v) is 12.0. The molecule has 5 heteroatoms. The summed E-state index contributed by atoms with van der Waals surface area (Å²) in [6.07, 6.45) is 2.88. The summed E-state index contributed by atoms with van der Waals surface area (Å²) in [5.74, 6) is 0.426. The van der Waals surface area contributed by atoms with Crippen LogP contribution in [0.25, 0.3) is 0 Å². The molecule has 1 aromatic carbocycles. The fourth-order valence-corrected chi connectivity index (χ4v) is 2.37. The summed E-state index contributed by atoms with van der Waals surface area (Å²) >= 11 is 1.64. The Kier molecular flexibility index (Phi) is 4.52. The molecular formula is C14H18N4S. The molecule has 3 N–H and O–H groups in total. The van der Waals surface area contributed by atoms with E-state index in [1.165, 1.54) is 5.56 Å². The highest BCUT2D eigenvalue weighted by Gasteiger charge is 1.98. The number of nitrogens with zero attached hydrogens (tertiary/aromatic N) is 2. The summed E-state index contributed by atoms with van der Waals surface area (Å²) in [6.45, 7) is 4.68. The van der Waals surface area contributed by atoms with Crippen LogP contribution in [-0.4, -0.2) is 10.9 Å². The van der Waals surface area contributed by atoms with E-state index in [1.807, 2.05) is 25.3 Å². The Bertz CT molecular complexity index is 557. The first-order valence-corrected chi connectivity index (χ1v) is 7.06. The van der Waals surface area contributed by atoms with Crippen molar-refractivity contribution in [2.45, 2.75) is 26.8 Å². The lowest BCUT2D eigenvalue weighted by Crippen LogP contribution is -2.22. The fraction of sp³-hybridized carbons (Fsp3) is 0.286. The topological polar surface area (TPSA) is 63.3 Å². The highest BCUT2D eigenvalue weighted by molar-refractivity contribution is 7.11. The molecule has 0 fully saturated rings. The molecule has 0 amide bonds. The van der Waals surface area contributed by atoms with Crippen LogP contribution >= 0.6 is 11.3 Å². The van der Waals surface area contributed by atoms with E-state index >= 15 is 0 Å². The number of nitrogens with two attached hydrogens (primary N) is 1. The standard InChI is InChI=1S/C14H18N4S/c1-3-11-4-6-12(7-5-11)18-14(15)17-9-13-8-16-10(2)19-13/h4-8H,3,9H2,1-2H3,(H3,15,17,18). The Balaban J connectivity index is 1.93. The van der Waals surface area contributed by atoms with Crippen LogP contribution in [0.1, 0.15) is 22.4 Å². The normalized spacial score (nSPS) is 11.6. The first-order chi connectivity index (χ1) is 9.17. The van der Waals surface area contributed by atoms with Gasteiger partial charge in [0, 0.05) is 16.8 Å². The molecule has 0 unspecified atom stereocenters. The summed E-state index contributed by atoms with van der Waals surface area (Å²) in [4.78, 5) is 9.60. The van der Waals surface area contributed by atoms with E-state index < -0.39 is 0 Å². The minimum atomic E-state index is 0.426. The molecule has 0 spiro atoms. The third kappa shape index (κ3) is 4.06. The quantitative estimate of drug-likeness (QED) is 0.665. The Labute approximate surface area is 117 Å². The molecule has 100 valence electrons. The molecule has 2 aromatic rings. The summed E-state index contributed by atoms with van der Waals surface area (Å²) in [5.41, 5.74) is 8.12. The monoisotopic (exact) mass is 274 g/mol. The highest BCUT2D eigenvalue weighted by atomic mass is 32.1. The van der Waals surface area contributed by atoms with Crippen molar-refractivity contribution in [1.29, 1.82) is 0 Å². The van der Waals surface area contributed by atoms with E-state index in [1.54, 1.807) is 11.3 Å². The zero-order valence-electron chi connectivity index (χ0n) is 11.2. The van der Waals surface area contributed by atoms with Crippen LogP contribution in [0.5, 0.6) is 0 Å². The van der Waals surface area contributed by atoms with Crippen LogP contribution in [0.3, 0.4) is 0 Å². The first-order valence-electron chi connectivity index (χ1n) is 6.24. The van der Waals surface area contributed by atoms with Gasteiger partial charge in [-0.05, 0) is 31.0 Å². The molecule has 0 saturated heterocycles. The molecular weight excluding hydrogens is 256 g/mol. The van der Waals surface area contributed by atoms with Gasteiger partial charge in [-0.3, -0.25) is 0 Å². The number of guanidine groups is 1. The smallest absolute Gasteiger partial charge is 0.193 e. The molecule has 2 rings (SSSR count). The lowest BCUT2D eigenvalue weighted by atomic mass is 10.1. The lowest BCUT2D eigenvalue weighted by Gasteiger charge is -2.06. The lowest BCUT2D eigenvalue weighted by molar-refractivity contribution is 1.08. The molecule has 0 saturated carbocycles. The van der Waals surface area contributed by atoms with Gasteiger partial charge < -0.3 is 11.1 Å². The third-order valence-corrected chi connectivity index (χ3v) is 3.61. The molecule has 0 radical (unpaired) electrons. The number of anilines is 1. The fourth-order valence-electron chi connectivity index (χ4n) is 1.65. The number of benzene rings is 1. The molecule has 19 heavy (non-hydrogen) atoms. The van der Waals surface area contributed by atoms with E-state index in [-0.39, 0.29) is 0 Å². The van der Waals surface area contributed by atoms with Gasteiger partial charge in [0.15, 0.2) is 5.96 Å². The largest absolute Gasteiger partial charge is 0.370 e. The number of aromatic nitrogens is 1. The van der Waals surface area contributed by atoms with Crippen molar-refractivity contribution in [3.63, 3.8) is 0 Å². The summed E-state index contributed by atoms with van der Waals surface area (Å²) in [6, 6.07) is 8.19. The SMILES string of the molecule is CCc1ccc(NC(N)=NCc2cnc(C)s2)cc1. The number of rotatable bonds is 4. The van der Waals surface area contributed by atoms with E-state index in [9.17, 15) is 0 Å². The zero-order chi connectivity index (χ0) is 13.7. The van der Waals surface area contributed by atoms with Crippen molar-refractivity contribution in [1.82, 2.24) is 4.98 Å². The minimum absolute atomic E-state index is 0.426. The molecule has 4 nitrogen and oxygen atoms in total. The molecule has 0 aliphatic carbocycles. The number of hydrogen-bond acceptors (Lipinski definition) is 3. The number of thiazole rings is 1. The Morgan fingerprint density at radius 3 is 2.68 bits per heavy atom. The summed E-state index contributed by atoms with van der Waals surface area (Å²) < 4.78 is 0. The van der Waals surface area contributed by atoms with Crippen LogP contribution < -0.4 is 11.1 Å². The van der Waals surface area contributed by atoms with E-state index in [2.05, 4.69) is 34.3 Å². The van der Waals surface area contributed by atoms with Crippen molar-refractivity contribution in [3.05, 3.63) is 45.9 Å². The molecule has 1 aromatic heterocycles. The van der Waals surface area contributed by atoms with Gasteiger partial charge >= 0.3 is 0 Å². The van der Waals surface area contributed by atoms with Crippen molar-refractivity contribution in [3.8, 4) is 0 Å². The Hall–Kier alpha value is -1.88. The maximum Gasteiger partial charge on any atom is 0.193 e. The third-order valence-electron chi connectivity index (χ3n) is 2.71. The number of nitrogens with one attached hydrogen (secondary N) is 1. The first kappa shape index (κ1) is 13.5. The summed E-state index contributed by atoms with van der Waals surface area (Å²) in [5, 5.41) is 4.13. The van der Waals surface area contributed by atoms with Gasteiger partial charge in [0.2, 0.25) is 0 Å². The number of hydrogen-bond donors (Lipinski definition) is 2. The van der Waals surface area contributed by atoms with E-state index in [4.69, 9.17) is 5.73 Å². The predicted octanol–water partition coefficient (Wildman–Crippen LogP) is 2.94. The molecule has 0 bridgehead atoms. The van der Waals surface area contributed by atoms with Gasteiger partial charge in [-0.2, -0.15) is 0 Å². The van der Waals surface area contributed by atoms with Gasteiger partial charge in [-0.25, -0.2) is 9.98 Å². The van der Waals surface area contributed by atoms with Crippen molar-refractivity contribution < 1.29 is 0 Å². The summed E-state index contributed by atoms with van der Waals surface area (Å²) in [7, 11) is 0. The average molecular weight is 274 g/mol. The van der Waals surface area contributed by atoms with Gasteiger partial charge in [0.1, 0.15) is 0 Å².